The maximum absolute atomic E-state index is 2.66. The largest absolute Gasteiger partial charge is 0.311 e. The Morgan fingerprint density at radius 3 is 1.71 bits per heavy atom. The molecule has 0 radical (unpaired) electrons. The first kappa shape index (κ1) is 31.3. The Hall–Kier alpha value is -7.76. The van der Waals surface area contributed by atoms with Crippen LogP contribution in [0.3, 0.4) is 0 Å². The zero-order valence-electron chi connectivity index (χ0n) is 31.9. The maximum Gasteiger partial charge on any atom is 0.252 e. The van der Waals surface area contributed by atoms with Crippen LogP contribution in [0.15, 0.2) is 200 Å². The second-order valence-corrected chi connectivity index (χ2v) is 16.1. The Morgan fingerprint density at radius 1 is 0.373 bits per heavy atom. The molecule has 59 heavy (non-hydrogen) atoms. The van der Waals surface area contributed by atoms with Crippen molar-refractivity contribution in [2.45, 2.75) is 0 Å². The molecule has 5 heterocycles. The van der Waals surface area contributed by atoms with Crippen LogP contribution in [-0.4, -0.2) is 15.7 Å². The quantitative estimate of drug-likeness (QED) is 0.167. The molecular weight excluding hydrogens is 715 g/mol. The smallest absolute Gasteiger partial charge is 0.252 e. The van der Waals surface area contributed by atoms with E-state index in [1.807, 2.05) is 0 Å². The highest BCUT2D eigenvalue weighted by Crippen LogP contribution is 2.49. The second kappa shape index (κ2) is 11.4. The van der Waals surface area contributed by atoms with Crippen molar-refractivity contribution in [3.05, 3.63) is 200 Å². The van der Waals surface area contributed by atoms with Crippen LogP contribution < -0.4 is 26.2 Å². The number of hydrogen-bond donors (Lipinski definition) is 0. The average molecular weight is 749 g/mol. The van der Waals surface area contributed by atoms with Crippen molar-refractivity contribution in [2.75, 3.05) is 9.80 Å². The van der Waals surface area contributed by atoms with Gasteiger partial charge < -0.3 is 18.8 Å². The molecule has 0 N–H and O–H groups in total. The minimum Gasteiger partial charge on any atom is -0.311 e. The van der Waals surface area contributed by atoms with Crippen LogP contribution in [0.1, 0.15) is 0 Å². The van der Waals surface area contributed by atoms with Gasteiger partial charge in [0.2, 0.25) is 0 Å². The molecule has 0 atom stereocenters. The van der Waals surface area contributed by atoms with Gasteiger partial charge in [-0.15, -0.1) is 0 Å². The van der Waals surface area contributed by atoms with Gasteiger partial charge in [-0.05, 0) is 89.2 Å². The number of hydrogen-bond acceptors (Lipinski definition) is 2. The van der Waals surface area contributed by atoms with Gasteiger partial charge in [-0.1, -0.05) is 127 Å². The number of aromatic nitrogens is 2. The van der Waals surface area contributed by atoms with Crippen LogP contribution in [0.2, 0.25) is 0 Å². The second-order valence-electron chi connectivity index (χ2n) is 16.1. The third kappa shape index (κ3) is 3.99. The fourth-order valence-corrected chi connectivity index (χ4v) is 11.0. The molecule has 5 heteroatoms. The monoisotopic (exact) mass is 748 g/mol. The summed E-state index contributed by atoms with van der Waals surface area (Å²) in [5, 5.41) is 7.77. The van der Waals surface area contributed by atoms with Gasteiger partial charge in [-0.25, -0.2) is 0 Å². The molecule has 0 fully saturated rings. The van der Waals surface area contributed by atoms with E-state index in [2.05, 4.69) is 219 Å². The summed E-state index contributed by atoms with van der Waals surface area (Å²) < 4.78 is 5.17. The molecule has 0 aliphatic carbocycles. The first-order chi connectivity index (χ1) is 29.3. The van der Waals surface area contributed by atoms with E-state index in [4.69, 9.17) is 0 Å². The van der Waals surface area contributed by atoms with E-state index in [0.29, 0.717) is 0 Å². The number of anilines is 6. The van der Waals surface area contributed by atoms with Crippen molar-refractivity contribution >= 4 is 117 Å². The van der Waals surface area contributed by atoms with Gasteiger partial charge in [0.05, 0.1) is 27.8 Å². The van der Waals surface area contributed by atoms with E-state index in [-0.39, 0.29) is 6.71 Å². The highest BCUT2D eigenvalue weighted by atomic mass is 15.2. The summed E-state index contributed by atoms with van der Waals surface area (Å²) in [7, 11) is 0. The molecule has 3 aromatic heterocycles. The Balaban J connectivity index is 1.21. The Kier molecular flexibility index (Phi) is 6.07. The van der Waals surface area contributed by atoms with Crippen molar-refractivity contribution in [1.82, 2.24) is 8.97 Å². The van der Waals surface area contributed by atoms with Gasteiger partial charge in [-0.2, -0.15) is 0 Å². The lowest BCUT2D eigenvalue weighted by molar-refractivity contribution is 1.17. The van der Waals surface area contributed by atoms with E-state index in [9.17, 15) is 0 Å². The summed E-state index contributed by atoms with van der Waals surface area (Å²) in [5.74, 6) is 0. The molecule has 12 aromatic rings. The molecule has 0 saturated heterocycles. The van der Waals surface area contributed by atoms with Crippen molar-refractivity contribution in [2.24, 2.45) is 0 Å². The molecule has 0 amide bonds. The Bertz CT molecular complexity index is 3640. The van der Waals surface area contributed by atoms with E-state index in [1.165, 1.54) is 93.4 Å². The van der Waals surface area contributed by atoms with E-state index in [1.54, 1.807) is 0 Å². The molecule has 14 rings (SSSR count). The Labute approximate surface area is 340 Å². The zero-order chi connectivity index (χ0) is 38.3. The van der Waals surface area contributed by atoms with Gasteiger partial charge in [0.1, 0.15) is 0 Å². The minimum absolute atomic E-state index is 0.0394. The molecule has 9 aromatic carbocycles. The van der Waals surface area contributed by atoms with Crippen molar-refractivity contribution in [3.8, 4) is 5.69 Å². The zero-order valence-corrected chi connectivity index (χ0v) is 31.9. The predicted molar refractivity (Wildman–Crippen MR) is 249 cm³/mol. The number of nitrogens with zero attached hydrogens (tertiary/aromatic N) is 4. The molecule has 0 spiro atoms. The highest BCUT2D eigenvalue weighted by Gasteiger charge is 2.43. The summed E-state index contributed by atoms with van der Waals surface area (Å²) in [6.07, 6.45) is 0. The fraction of sp³-hybridized carbons (Fsp3) is 0. The van der Waals surface area contributed by atoms with Crippen LogP contribution in [0.4, 0.5) is 34.1 Å². The van der Waals surface area contributed by atoms with Crippen LogP contribution in [0, 0.1) is 0 Å². The number of rotatable bonds is 4. The predicted octanol–water partition coefficient (Wildman–Crippen LogP) is 12.0. The third-order valence-electron chi connectivity index (χ3n) is 13.1. The molecule has 2 aliphatic rings. The summed E-state index contributed by atoms with van der Waals surface area (Å²) in [6, 6.07) is 74.0. The van der Waals surface area contributed by atoms with Crippen molar-refractivity contribution in [1.29, 1.82) is 0 Å². The highest BCUT2D eigenvalue weighted by molar-refractivity contribution is 7.00. The van der Waals surface area contributed by atoms with Gasteiger partial charge in [0, 0.05) is 72.0 Å². The molecule has 272 valence electrons. The number of para-hydroxylation sites is 7. The molecule has 0 saturated carbocycles. The molecule has 0 bridgehead atoms. The fourth-order valence-electron chi connectivity index (χ4n) is 11.0. The van der Waals surface area contributed by atoms with Crippen molar-refractivity contribution in [3.63, 3.8) is 0 Å². The standard InChI is InChI=1S/C54H33BN4/c1-4-17-34(18-5-1)56(35-19-6-2-7-20-35)37-31-48-51-49(32-37)59-52-39(25-16-27-44(52)55(51)43-26-12-15-30-47(43)57(48)36-21-8-3-9-22-36)42-33-41-38-23-10-13-28-45(38)58-46-29-14-11-24-40(46)50(53(41)58)54(42)59/h1-33H. The van der Waals surface area contributed by atoms with E-state index in [0.717, 1.165) is 22.7 Å². The summed E-state index contributed by atoms with van der Waals surface area (Å²) in [5.41, 5.74) is 18.4. The average Bonchev–Trinajstić information content (AvgIpc) is 3.94. The number of benzene rings is 9. The lowest BCUT2D eigenvalue weighted by Crippen LogP contribution is -2.60. The van der Waals surface area contributed by atoms with Gasteiger partial charge in [0.15, 0.2) is 0 Å². The van der Waals surface area contributed by atoms with Crippen molar-refractivity contribution < 1.29 is 0 Å². The topological polar surface area (TPSA) is 15.8 Å². The van der Waals surface area contributed by atoms with Crippen LogP contribution >= 0.6 is 0 Å². The van der Waals surface area contributed by atoms with Gasteiger partial charge >= 0.3 is 0 Å². The lowest BCUT2D eigenvalue weighted by atomic mass is 9.34. The van der Waals surface area contributed by atoms with E-state index >= 15 is 0 Å². The number of fused-ring (bicyclic) bond motifs is 14. The molecule has 2 aliphatic heterocycles. The molecule has 0 unspecified atom stereocenters. The maximum atomic E-state index is 2.66. The molecular formula is C54H33BN4. The summed E-state index contributed by atoms with van der Waals surface area (Å²) >= 11 is 0. The first-order valence-electron chi connectivity index (χ1n) is 20.5. The van der Waals surface area contributed by atoms with E-state index < -0.39 is 0 Å². The third-order valence-corrected chi connectivity index (χ3v) is 13.1. The minimum atomic E-state index is 0.0394. The lowest BCUT2D eigenvalue weighted by Gasteiger charge is -2.41. The summed E-state index contributed by atoms with van der Waals surface area (Å²) in [4.78, 5) is 4.92. The van der Waals surface area contributed by atoms with Crippen LogP contribution in [0.5, 0.6) is 0 Å². The summed E-state index contributed by atoms with van der Waals surface area (Å²) in [6.45, 7) is 0.0394. The Morgan fingerprint density at radius 2 is 0.949 bits per heavy atom. The van der Waals surface area contributed by atoms with Crippen LogP contribution in [-0.2, 0) is 0 Å². The van der Waals surface area contributed by atoms with Gasteiger partial charge in [-0.3, -0.25) is 0 Å². The first-order valence-corrected chi connectivity index (χ1v) is 20.5. The normalized spacial score (nSPS) is 13.0. The molecule has 4 nitrogen and oxygen atoms in total. The van der Waals surface area contributed by atoms with Gasteiger partial charge in [0.25, 0.3) is 6.71 Å². The SMILES string of the molecule is c1ccc(N(c2ccccc2)c2cc3c4c(c2)-n2c5c(cccc5c5cc6c7ccccc7n7c8ccccc8c(c52)c67)B4c2ccccc2N3c2ccccc2)cc1. The van der Waals surface area contributed by atoms with Crippen LogP contribution in [0.25, 0.3) is 65.6 Å².